The summed E-state index contributed by atoms with van der Waals surface area (Å²) in [5.41, 5.74) is 5.55. The first-order valence-electron chi connectivity index (χ1n) is 22.0. The molecule has 5 aromatic carbocycles. The summed E-state index contributed by atoms with van der Waals surface area (Å²) in [5, 5.41) is 16.8. The van der Waals surface area contributed by atoms with Crippen LogP contribution >= 0.6 is 0 Å². The quantitative estimate of drug-likeness (QED) is 0.0597. The summed E-state index contributed by atoms with van der Waals surface area (Å²) in [7, 11) is 0. The van der Waals surface area contributed by atoms with Gasteiger partial charge in [-0.15, -0.1) is 10.2 Å². The van der Waals surface area contributed by atoms with E-state index < -0.39 is 42.6 Å². The molecule has 1 fully saturated rings. The average molecular weight is 909 g/mol. The lowest BCUT2D eigenvalue weighted by atomic mass is 9.97. The van der Waals surface area contributed by atoms with Crippen molar-refractivity contribution in [3.8, 4) is 0 Å². The van der Waals surface area contributed by atoms with E-state index in [0.717, 1.165) is 27.8 Å². The van der Waals surface area contributed by atoms with Crippen molar-refractivity contribution in [3.63, 3.8) is 0 Å². The highest BCUT2D eigenvalue weighted by Crippen LogP contribution is 2.32. The summed E-state index contributed by atoms with van der Waals surface area (Å²) < 4.78 is 53.6. The van der Waals surface area contributed by atoms with Gasteiger partial charge in [0.2, 0.25) is 0 Å². The van der Waals surface area contributed by atoms with E-state index in [-0.39, 0.29) is 65.9 Å². The highest BCUT2D eigenvalue weighted by molar-refractivity contribution is 5.69. The summed E-state index contributed by atoms with van der Waals surface area (Å²) >= 11 is 0. The van der Waals surface area contributed by atoms with Crippen molar-refractivity contribution in [1.29, 1.82) is 0 Å². The van der Waals surface area contributed by atoms with E-state index in [1.807, 2.05) is 152 Å². The number of aromatic nitrogens is 6. The second-order valence-corrected chi connectivity index (χ2v) is 15.8. The largest absolute Gasteiger partial charge is 0.459 e. The Labute approximate surface area is 388 Å². The molecule has 0 spiro atoms. The monoisotopic (exact) mass is 908 g/mol. The molecule has 67 heavy (non-hydrogen) atoms. The molecule has 7 aromatic rings. The lowest BCUT2D eigenvalue weighted by molar-refractivity contribution is -0.331. The smallest absolute Gasteiger partial charge is 0.328 e. The lowest BCUT2D eigenvalue weighted by Crippen LogP contribution is -2.61. The van der Waals surface area contributed by atoms with E-state index in [1.54, 1.807) is 12.4 Å². The van der Waals surface area contributed by atoms with Crippen LogP contribution in [0.2, 0.25) is 0 Å². The summed E-state index contributed by atoms with van der Waals surface area (Å²) in [6.45, 7) is 0.815. The third kappa shape index (κ3) is 14.5. The molecule has 16 nitrogen and oxygen atoms in total. The zero-order valence-corrected chi connectivity index (χ0v) is 36.8. The maximum Gasteiger partial charge on any atom is 0.328 e. The first-order valence-corrected chi connectivity index (χ1v) is 22.0. The Hall–Kier alpha value is -6.92. The van der Waals surface area contributed by atoms with Crippen molar-refractivity contribution in [3.05, 3.63) is 203 Å². The molecule has 0 bridgehead atoms. The number of hydrogen-bond acceptors (Lipinski definition) is 14. The third-order valence-electron chi connectivity index (χ3n) is 10.6. The van der Waals surface area contributed by atoms with Gasteiger partial charge in [-0.25, -0.2) is 9.36 Å². The number of esters is 2. The summed E-state index contributed by atoms with van der Waals surface area (Å²) in [6.07, 6.45) is -0.776. The van der Waals surface area contributed by atoms with Gasteiger partial charge in [0.1, 0.15) is 62.1 Å². The molecule has 0 N–H and O–H groups in total. The Bertz CT molecular complexity index is 2530. The summed E-state index contributed by atoms with van der Waals surface area (Å²) in [5.74, 6) is -0.909. The van der Waals surface area contributed by atoms with E-state index in [1.165, 1.54) is 9.36 Å². The predicted molar refractivity (Wildman–Crippen MR) is 241 cm³/mol. The normalized spacial score (nSPS) is 18.1. The van der Waals surface area contributed by atoms with Gasteiger partial charge >= 0.3 is 11.9 Å². The number of hydrogen-bond donors (Lipinski definition) is 0. The van der Waals surface area contributed by atoms with Crippen LogP contribution in [0.4, 0.5) is 0 Å². The fraction of sp³-hybridized carbons (Fsp3) is 0.294. The van der Waals surface area contributed by atoms with Gasteiger partial charge in [-0.05, 0) is 27.8 Å². The van der Waals surface area contributed by atoms with E-state index in [4.69, 9.17) is 37.9 Å². The fourth-order valence-corrected chi connectivity index (χ4v) is 7.26. The highest BCUT2D eigenvalue weighted by atomic mass is 16.7. The van der Waals surface area contributed by atoms with Gasteiger partial charge in [-0.1, -0.05) is 162 Å². The van der Waals surface area contributed by atoms with E-state index >= 15 is 0 Å². The number of rotatable bonds is 24. The van der Waals surface area contributed by atoms with Crippen LogP contribution in [0.5, 0.6) is 0 Å². The van der Waals surface area contributed by atoms with Crippen LogP contribution in [0.1, 0.15) is 39.2 Å². The van der Waals surface area contributed by atoms with Crippen LogP contribution in [-0.2, 0) is 107 Å². The average Bonchev–Trinajstić information content (AvgIpc) is 4.03. The second kappa shape index (κ2) is 24.6. The van der Waals surface area contributed by atoms with Crippen LogP contribution in [0.25, 0.3) is 0 Å². The Morgan fingerprint density at radius 1 is 0.448 bits per heavy atom. The molecule has 346 valence electrons. The van der Waals surface area contributed by atoms with Crippen LogP contribution in [0.3, 0.4) is 0 Å². The van der Waals surface area contributed by atoms with Crippen LogP contribution in [0, 0.1) is 0 Å². The minimum absolute atomic E-state index is 0.0309. The van der Waals surface area contributed by atoms with E-state index in [0.29, 0.717) is 11.4 Å². The zero-order valence-electron chi connectivity index (χ0n) is 36.8. The number of benzene rings is 5. The summed E-state index contributed by atoms with van der Waals surface area (Å²) in [4.78, 5) is 25.3. The van der Waals surface area contributed by atoms with Gasteiger partial charge in [-0.2, -0.15) is 0 Å². The fourth-order valence-electron chi connectivity index (χ4n) is 7.26. The highest BCUT2D eigenvalue weighted by Gasteiger charge is 2.49. The molecule has 8 rings (SSSR count). The van der Waals surface area contributed by atoms with Gasteiger partial charge < -0.3 is 37.9 Å². The molecular weight excluding hydrogens is 857 g/mol. The van der Waals surface area contributed by atoms with Crippen molar-refractivity contribution in [1.82, 2.24) is 30.0 Å². The Morgan fingerprint density at radius 3 is 1.28 bits per heavy atom. The van der Waals surface area contributed by atoms with Crippen LogP contribution < -0.4 is 0 Å². The predicted octanol–water partition coefficient (Wildman–Crippen LogP) is 6.57. The van der Waals surface area contributed by atoms with Gasteiger partial charge in [0.05, 0.1) is 52.0 Å². The molecule has 0 amide bonds. The van der Waals surface area contributed by atoms with Crippen LogP contribution in [0.15, 0.2) is 164 Å². The first-order chi connectivity index (χ1) is 33.0. The van der Waals surface area contributed by atoms with Gasteiger partial charge in [-0.3, -0.25) is 9.59 Å². The van der Waals surface area contributed by atoms with Gasteiger partial charge in [0.25, 0.3) is 0 Å². The molecular formula is C51H52N6O10. The Balaban J connectivity index is 0.991. The lowest BCUT2D eigenvalue weighted by Gasteiger charge is -2.45. The molecule has 0 saturated carbocycles. The molecule has 0 aliphatic carbocycles. The van der Waals surface area contributed by atoms with Gasteiger partial charge in [0, 0.05) is 0 Å². The Kier molecular flexibility index (Phi) is 17.1. The maximum absolute atomic E-state index is 12.7. The van der Waals surface area contributed by atoms with Crippen molar-refractivity contribution in [2.24, 2.45) is 0 Å². The number of ether oxygens (including phenoxy) is 8. The molecule has 3 heterocycles. The van der Waals surface area contributed by atoms with Crippen molar-refractivity contribution >= 4 is 11.9 Å². The second-order valence-electron chi connectivity index (χ2n) is 15.8. The van der Waals surface area contributed by atoms with Gasteiger partial charge in [0.15, 0.2) is 6.29 Å². The number of nitrogens with zero attached hydrogens (tertiary/aromatic N) is 6. The topological polar surface area (TPSA) is 169 Å². The molecule has 1 aliphatic rings. The molecule has 0 unspecified atom stereocenters. The third-order valence-corrected chi connectivity index (χ3v) is 10.6. The van der Waals surface area contributed by atoms with Crippen molar-refractivity contribution in [2.75, 3.05) is 6.61 Å². The van der Waals surface area contributed by atoms with Crippen molar-refractivity contribution < 1.29 is 47.5 Å². The Morgan fingerprint density at radius 2 is 0.836 bits per heavy atom. The molecule has 1 aliphatic heterocycles. The SMILES string of the molecule is O=C(Cn1cc(COC[C@H]2O[C@H](OCc3cn(CC(=O)OCc4ccccc4)nn3)[C@H](OCc3ccccc3)[C@@H](OCc3ccccc3)[C@@H]2OCc2ccccc2)nn1)OCc1ccccc1. The molecule has 0 radical (unpaired) electrons. The first kappa shape index (κ1) is 46.6. The summed E-state index contributed by atoms with van der Waals surface area (Å²) in [6, 6.07) is 48.4. The van der Waals surface area contributed by atoms with E-state index in [2.05, 4.69) is 20.6 Å². The molecule has 5 atom stereocenters. The minimum atomic E-state index is -1.02. The van der Waals surface area contributed by atoms with E-state index in [9.17, 15) is 9.59 Å². The zero-order chi connectivity index (χ0) is 45.9. The minimum Gasteiger partial charge on any atom is -0.459 e. The number of carbonyl (C=O) groups excluding carboxylic acids is 2. The van der Waals surface area contributed by atoms with Crippen LogP contribution in [-0.4, -0.2) is 79.2 Å². The maximum atomic E-state index is 12.7. The molecule has 16 heteroatoms. The molecule has 2 aromatic heterocycles. The standard InChI is InChI=1S/C51H52N6O10/c58-46(61-30-38-16-6-1-7-17-38)28-56-26-43(52-54-56)35-60-37-45-48(63-32-40-20-10-3-11-21-40)49(64-33-41-22-12-4-13-23-41)50(65-34-42-24-14-5-15-25-42)51(67-45)66-36-44-27-57(55-53-44)29-47(59)62-31-39-18-8-2-9-19-39/h1-27,45,48-51H,28-37H2/t45-,48-,49+,50-,51+/m1/s1. The number of carbonyl (C=O) groups is 2. The molecule has 1 saturated heterocycles. The van der Waals surface area contributed by atoms with Crippen molar-refractivity contribution in [2.45, 2.75) is 90.0 Å².